The Bertz CT molecular complexity index is 331. The van der Waals surface area contributed by atoms with Crippen molar-refractivity contribution < 1.29 is 0 Å². The van der Waals surface area contributed by atoms with Crippen LogP contribution in [0, 0.1) is 11.8 Å². The van der Waals surface area contributed by atoms with Gasteiger partial charge in [0.2, 0.25) is 0 Å². The maximum absolute atomic E-state index is 3.90. The average Bonchev–Trinajstić information content (AvgIpc) is 2.39. The Kier molecular flexibility index (Phi) is 5.18. The van der Waals surface area contributed by atoms with Gasteiger partial charge in [0.15, 0.2) is 0 Å². The Hall–Kier alpha value is -0.690. The highest BCUT2D eigenvalue weighted by Gasteiger charge is 2.23. The Labute approximate surface area is 110 Å². The van der Waals surface area contributed by atoms with Crippen molar-refractivity contribution in [3.63, 3.8) is 0 Å². The molecule has 0 heterocycles. The van der Waals surface area contributed by atoms with Crippen LogP contribution in [-0.4, -0.2) is 5.75 Å². The number of hydrogen-bond acceptors (Lipinski definition) is 1. The van der Waals surface area contributed by atoms with Gasteiger partial charge in [-0.25, -0.2) is 0 Å². The molecule has 1 aromatic carbocycles. The van der Waals surface area contributed by atoms with Gasteiger partial charge >= 0.3 is 0 Å². The zero-order chi connectivity index (χ0) is 11.9. The van der Waals surface area contributed by atoms with Crippen molar-refractivity contribution >= 4 is 11.8 Å². The van der Waals surface area contributed by atoms with Crippen molar-refractivity contribution in [1.29, 1.82) is 0 Å². The van der Waals surface area contributed by atoms with Crippen molar-refractivity contribution in [3.05, 3.63) is 43.0 Å². The molecular weight excluding hydrogens is 224 g/mol. The number of hydrogen-bond donors (Lipinski definition) is 0. The highest BCUT2D eigenvalue weighted by molar-refractivity contribution is 7.99. The summed E-state index contributed by atoms with van der Waals surface area (Å²) >= 11 is 2.02. The van der Waals surface area contributed by atoms with E-state index in [0.29, 0.717) is 0 Å². The Morgan fingerprint density at radius 3 is 2.53 bits per heavy atom. The zero-order valence-electron chi connectivity index (χ0n) is 10.5. The summed E-state index contributed by atoms with van der Waals surface area (Å²) in [6.07, 6.45) is 8.99. The van der Waals surface area contributed by atoms with E-state index in [0.717, 1.165) is 11.8 Å². The van der Waals surface area contributed by atoms with Crippen LogP contribution in [0.15, 0.2) is 47.9 Å². The summed E-state index contributed by atoms with van der Waals surface area (Å²) in [7, 11) is 0. The third-order valence-corrected chi connectivity index (χ3v) is 4.94. The fourth-order valence-electron chi connectivity index (χ4n) is 2.75. The molecule has 0 spiro atoms. The van der Waals surface area contributed by atoms with Crippen LogP contribution in [0.2, 0.25) is 0 Å². The molecule has 0 aromatic heterocycles. The molecule has 17 heavy (non-hydrogen) atoms. The largest absolute Gasteiger partial charge is 0.126 e. The van der Waals surface area contributed by atoms with Crippen LogP contribution in [-0.2, 0) is 0 Å². The second-order valence-corrected chi connectivity index (χ2v) is 6.05. The van der Waals surface area contributed by atoms with Gasteiger partial charge in [0.05, 0.1) is 0 Å². The second-order valence-electron chi connectivity index (χ2n) is 4.95. The quantitative estimate of drug-likeness (QED) is 0.511. The van der Waals surface area contributed by atoms with Crippen LogP contribution in [0.3, 0.4) is 0 Å². The predicted octanol–water partition coefficient (Wildman–Crippen LogP) is 5.16. The van der Waals surface area contributed by atoms with E-state index >= 15 is 0 Å². The summed E-state index contributed by atoms with van der Waals surface area (Å²) in [4.78, 5) is 1.41. The smallest absolute Gasteiger partial charge is 0.00720 e. The van der Waals surface area contributed by atoms with Crippen molar-refractivity contribution in [2.45, 2.75) is 37.0 Å². The van der Waals surface area contributed by atoms with Crippen LogP contribution in [0.5, 0.6) is 0 Å². The number of benzene rings is 1. The second kappa shape index (κ2) is 6.90. The van der Waals surface area contributed by atoms with Gasteiger partial charge in [0, 0.05) is 10.6 Å². The van der Waals surface area contributed by atoms with E-state index in [1.165, 1.54) is 42.8 Å². The van der Waals surface area contributed by atoms with Gasteiger partial charge in [-0.3, -0.25) is 0 Å². The van der Waals surface area contributed by atoms with E-state index < -0.39 is 0 Å². The molecule has 2 rings (SSSR count). The topological polar surface area (TPSA) is 0 Å². The van der Waals surface area contributed by atoms with Gasteiger partial charge in [-0.1, -0.05) is 37.1 Å². The molecule has 1 saturated carbocycles. The first kappa shape index (κ1) is 12.8. The van der Waals surface area contributed by atoms with Crippen LogP contribution in [0.4, 0.5) is 0 Å². The summed E-state index contributed by atoms with van der Waals surface area (Å²) in [5.74, 6) is 3.06. The SMILES string of the molecule is C=CC[C@@H]1CCCC[C@H]1CSc1ccccc1. The van der Waals surface area contributed by atoms with E-state index in [1.54, 1.807) is 0 Å². The first-order chi connectivity index (χ1) is 8.40. The Balaban J connectivity index is 1.86. The highest BCUT2D eigenvalue weighted by Crippen LogP contribution is 2.36. The molecule has 1 aliphatic rings. The van der Waals surface area contributed by atoms with Crippen molar-refractivity contribution in [3.8, 4) is 0 Å². The molecule has 0 unspecified atom stereocenters. The summed E-state index contributed by atoms with van der Waals surface area (Å²) < 4.78 is 0. The lowest BCUT2D eigenvalue weighted by atomic mass is 9.78. The van der Waals surface area contributed by atoms with Crippen molar-refractivity contribution in [2.24, 2.45) is 11.8 Å². The molecule has 0 aliphatic heterocycles. The summed E-state index contributed by atoms with van der Waals surface area (Å²) in [6.45, 7) is 3.90. The van der Waals surface area contributed by atoms with Crippen molar-refractivity contribution in [1.82, 2.24) is 0 Å². The fraction of sp³-hybridized carbons (Fsp3) is 0.500. The van der Waals surface area contributed by atoms with E-state index in [4.69, 9.17) is 0 Å². The van der Waals surface area contributed by atoms with Gasteiger partial charge in [-0.2, -0.15) is 0 Å². The Morgan fingerprint density at radius 2 is 1.82 bits per heavy atom. The van der Waals surface area contributed by atoms with Gasteiger partial charge in [0.1, 0.15) is 0 Å². The molecule has 0 radical (unpaired) electrons. The van der Waals surface area contributed by atoms with Crippen LogP contribution in [0.25, 0.3) is 0 Å². The maximum atomic E-state index is 3.90. The molecule has 0 N–H and O–H groups in total. The van der Waals surface area contributed by atoms with E-state index in [1.807, 2.05) is 11.8 Å². The molecule has 92 valence electrons. The van der Waals surface area contributed by atoms with Crippen LogP contribution < -0.4 is 0 Å². The summed E-state index contributed by atoms with van der Waals surface area (Å²) in [5, 5.41) is 0. The van der Waals surface area contributed by atoms with E-state index in [2.05, 4.69) is 43.0 Å². The first-order valence-corrected chi connectivity index (χ1v) is 7.67. The first-order valence-electron chi connectivity index (χ1n) is 6.69. The fourth-order valence-corrected chi connectivity index (χ4v) is 3.94. The third kappa shape index (κ3) is 3.92. The number of rotatable bonds is 5. The minimum Gasteiger partial charge on any atom is -0.126 e. The lowest BCUT2D eigenvalue weighted by Crippen LogP contribution is -2.21. The van der Waals surface area contributed by atoms with Gasteiger partial charge in [-0.15, -0.1) is 18.3 Å². The lowest BCUT2D eigenvalue weighted by molar-refractivity contribution is 0.263. The summed E-state index contributed by atoms with van der Waals surface area (Å²) in [5.41, 5.74) is 0. The molecule has 0 nitrogen and oxygen atoms in total. The van der Waals surface area contributed by atoms with Gasteiger partial charge in [0.25, 0.3) is 0 Å². The van der Waals surface area contributed by atoms with Crippen molar-refractivity contribution in [2.75, 3.05) is 5.75 Å². The normalized spacial score (nSPS) is 24.5. The lowest BCUT2D eigenvalue weighted by Gasteiger charge is -2.30. The van der Waals surface area contributed by atoms with Crippen LogP contribution in [0.1, 0.15) is 32.1 Å². The minimum atomic E-state index is 0.887. The van der Waals surface area contributed by atoms with E-state index in [9.17, 15) is 0 Å². The van der Waals surface area contributed by atoms with Crippen LogP contribution >= 0.6 is 11.8 Å². The molecule has 0 bridgehead atoms. The standard InChI is InChI=1S/C16H22S/c1-2-8-14-9-6-7-10-15(14)13-17-16-11-4-3-5-12-16/h2-5,11-12,14-15H,1,6-10,13H2/t14-,15+/m1/s1. The number of allylic oxidation sites excluding steroid dienone is 1. The molecular formula is C16H22S. The van der Waals surface area contributed by atoms with E-state index in [-0.39, 0.29) is 0 Å². The molecule has 1 heteroatoms. The average molecular weight is 246 g/mol. The molecule has 2 atom stereocenters. The molecule has 1 fully saturated rings. The predicted molar refractivity (Wildman–Crippen MR) is 77.4 cm³/mol. The van der Waals surface area contributed by atoms with Gasteiger partial charge < -0.3 is 0 Å². The monoisotopic (exact) mass is 246 g/mol. The molecule has 0 saturated heterocycles. The zero-order valence-corrected chi connectivity index (χ0v) is 11.3. The summed E-state index contributed by atoms with van der Waals surface area (Å²) in [6, 6.07) is 10.8. The van der Waals surface area contributed by atoms with Gasteiger partial charge in [-0.05, 0) is 43.2 Å². The maximum Gasteiger partial charge on any atom is 0.00720 e. The minimum absolute atomic E-state index is 0.887. The molecule has 1 aliphatic carbocycles. The molecule has 1 aromatic rings. The highest BCUT2D eigenvalue weighted by atomic mass is 32.2. The molecule has 0 amide bonds. The Morgan fingerprint density at radius 1 is 1.12 bits per heavy atom. The third-order valence-electron chi connectivity index (χ3n) is 3.74. The number of thioether (sulfide) groups is 1.